The van der Waals surface area contributed by atoms with Gasteiger partial charge >= 0.3 is 5.97 Å². The molecule has 28 heavy (non-hydrogen) atoms. The van der Waals surface area contributed by atoms with E-state index >= 15 is 0 Å². The Kier molecular flexibility index (Phi) is 5.06. The Balaban J connectivity index is 1.39. The van der Waals surface area contributed by atoms with Crippen molar-refractivity contribution in [1.82, 2.24) is 0 Å². The minimum atomic E-state index is -0.896. The minimum Gasteiger partial charge on any atom is -0.481 e. The van der Waals surface area contributed by atoms with Gasteiger partial charge in [-0.05, 0) is 49.2 Å². The number of carbonyl (C=O) groups excluding carboxylic acids is 1. The molecule has 2 N–H and O–H groups in total. The highest BCUT2D eigenvalue weighted by Crippen LogP contribution is 2.37. The molecule has 0 saturated heterocycles. The summed E-state index contributed by atoms with van der Waals surface area (Å²) in [6.45, 7) is 0.205. The number of rotatable bonds is 5. The number of carboxylic acid groups (broad SMARTS) is 1. The molecule has 2 aromatic rings. The number of hydrogen-bond donors (Lipinski definition) is 2. The van der Waals surface area contributed by atoms with Crippen molar-refractivity contribution < 1.29 is 28.9 Å². The van der Waals surface area contributed by atoms with E-state index in [9.17, 15) is 14.7 Å². The second-order valence-corrected chi connectivity index (χ2v) is 6.97. The van der Waals surface area contributed by atoms with Gasteiger partial charge in [0.25, 0.3) is 0 Å². The first-order chi connectivity index (χ1) is 13.6. The standard InChI is InChI=1S/C21H21NO6/c23-20(16-3-1-2-4-17(16)21(24)25)22-13-5-7-14(8-6-13)28-15-9-10-18-19(11-15)27-12-26-18/h5-11,16-17H,1-4,12H2,(H,22,23)(H,24,25)/t16-,17+/m1/s1. The van der Waals surface area contributed by atoms with Crippen LogP contribution in [0.4, 0.5) is 5.69 Å². The smallest absolute Gasteiger partial charge is 0.307 e. The van der Waals surface area contributed by atoms with Gasteiger partial charge in [-0.25, -0.2) is 0 Å². The summed E-state index contributed by atoms with van der Waals surface area (Å²) < 4.78 is 16.4. The quantitative estimate of drug-likeness (QED) is 0.809. The minimum absolute atomic E-state index is 0.205. The third-order valence-corrected chi connectivity index (χ3v) is 5.12. The first-order valence-electron chi connectivity index (χ1n) is 9.31. The molecule has 0 radical (unpaired) electrons. The molecule has 1 aliphatic carbocycles. The number of hydrogen-bond acceptors (Lipinski definition) is 5. The number of amides is 1. The van der Waals surface area contributed by atoms with Crippen molar-refractivity contribution in [2.45, 2.75) is 25.7 Å². The predicted molar refractivity (Wildman–Crippen MR) is 101 cm³/mol. The van der Waals surface area contributed by atoms with E-state index in [1.807, 2.05) is 0 Å². The fourth-order valence-corrected chi connectivity index (χ4v) is 3.66. The van der Waals surface area contributed by atoms with Gasteiger partial charge in [-0.15, -0.1) is 0 Å². The Hall–Kier alpha value is -3.22. The van der Waals surface area contributed by atoms with Gasteiger partial charge in [0.15, 0.2) is 11.5 Å². The molecule has 0 unspecified atom stereocenters. The van der Waals surface area contributed by atoms with Crippen molar-refractivity contribution in [2.24, 2.45) is 11.8 Å². The molecule has 1 saturated carbocycles. The lowest BCUT2D eigenvalue weighted by molar-refractivity contribution is -0.147. The van der Waals surface area contributed by atoms with Crippen LogP contribution in [0.5, 0.6) is 23.0 Å². The highest BCUT2D eigenvalue weighted by molar-refractivity contribution is 5.95. The third kappa shape index (κ3) is 3.88. The summed E-state index contributed by atoms with van der Waals surface area (Å²) in [5, 5.41) is 12.2. The Labute approximate surface area is 162 Å². The van der Waals surface area contributed by atoms with Gasteiger partial charge in [0, 0.05) is 11.8 Å². The second-order valence-electron chi connectivity index (χ2n) is 6.97. The molecule has 0 spiro atoms. The predicted octanol–water partition coefficient (Wildman–Crippen LogP) is 4.04. The first-order valence-corrected chi connectivity index (χ1v) is 9.31. The summed E-state index contributed by atoms with van der Waals surface area (Å²) >= 11 is 0. The summed E-state index contributed by atoms with van der Waals surface area (Å²) in [7, 11) is 0. The molecule has 0 aromatic heterocycles. The fourth-order valence-electron chi connectivity index (χ4n) is 3.66. The fraction of sp³-hybridized carbons (Fsp3) is 0.333. The number of benzene rings is 2. The zero-order chi connectivity index (χ0) is 19.5. The number of anilines is 1. The molecule has 146 valence electrons. The van der Waals surface area contributed by atoms with Crippen molar-refractivity contribution in [2.75, 3.05) is 12.1 Å². The SMILES string of the molecule is O=C(O)[C@H]1CCCC[C@H]1C(=O)Nc1ccc(Oc2ccc3c(c2)OCO3)cc1. The lowest BCUT2D eigenvalue weighted by Gasteiger charge is -2.27. The van der Waals surface area contributed by atoms with Crippen LogP contribution in [-0.4, -0.2) is 23.8 Å². The lowest BCUT2D eigenvalue weighted by Crippen LogP contribution is -2.36. The molecule has 0 bridgehead atoms. The molecule has 4 rings (SSSR count). The lowest BCUT2D eigenvalue weighted by atomic mass is 9.78. The largest absolute Gasteiger partial charge is 0.481 e. The van der Waals surface area contributed by atoms with Gasteiger partial charge in [-0.2, -0.15) is 0 Å². The number of nitrogens with one attached hydrogen (secondary N) is 1. The summed E-state index contributed by atoms with van der Waals surface area (Å²) in [5.41, 5.74) is 0.609. The normalized spacial score (nSPS) is 20.4. The average Bonchev–Trinajstić information content (AvgIpc) is 3.17. The van der Waals surface area contributed by atoms with Gasteiger partial charge in [0.1, 0.15) is 11.5 Å². The number of aliphatic carboxylic acids is 1. The average molecular weight is 383 g/mol. The summed E-state index contributed by atoms with van der Waals surface area (Å²) in [4.78, 5) is 23.9. The van der Waals surface area contributed by atoms with Gasteiger partial charge in [0.05, 0.1) is 11.8 Å². The maximum Gasteiger partial charge on any atom is 0.307 e. The van der Waals surface area contributed by atoms with Gasteiger partial charge in [0.2, 0.25) is 12.7 Å². The molecule has 1 heterocycles. The van der Waals surface area contributed by atoms with E-state index in [0.717, 1.165) is 12.8 Å². The van der Waals surface area contributed by atoms with Crippen LogP contribution in [0, 0.1) is 11.8 Å². The number of carboxylic acids is 1. The van der Waals surface area contributed by atoms with Crippen molar-refractivity contribution in [3.8, 4) is 23.0 Å². The van der Waals surface area contributed by atoms with E-state index < -0.39 is 17.8 Å². The summed E-state index contributed by atoms with van der Waals surface area (Å²) in [5.74, 6) is 0.321. The Bertz CT molecular complexity index is 879. The zero-order valence-corrected chi connectivity index (χ0v) is 15.2. The van der Waals surface area contributed by atoms with Crippen LogP contribution in [-0.2, 0) is 9.59 Å². The number of ether oxygens (including phenoxy) is 3. The Morgan fingerprint density at radius 2 is 1.61 bits per heavy atom. The highest BCUT2D eigenvalue weighted by Gasteiger charge is 2.35. The topological polar surface area (TPSA) is 94.1 Å². The van der Waals surface area contributed by atoms with Gasteiger partial charge in [-0.3, -0.25) is 9.59 Å². The molecule has 7 heteroatoms. The molecule has 2 atom stereocenters. The molecule has 7 nitrogen and oxygen atoms in total. The molecule has 1 fully saturated rings. The molecule has 2 aromatic carbocycles. The Morgan fingerprint density at radius 3 is 2.36 bits per heavy atom. The van der Waals surface area contributed by atoms with Crippen molar-refractivity contribution >= 4 is 17.6 Å². The third-order valence-electron chi connectivity index (χ3n) is 5.12. The van der Waals surface area contributed by atoms with Crippen LogP contribution in [0.25, 0.3) is 0 Å². The molecule has 1 amide bonds. The first kappa shape index (κ1) is 18.2. The van der Waals surface area contributed by atoms with E-state index in [-0.39, 0.29) is 12.7 Å². The maximum absolute atomic E-state index is 12.5. The molecule has 2 aliphatic rings. The van der Waals surface area contributed by atoms with Gasteiger partial charge in [-0.1, -0.05) is 12.8 Å². The highest BCUT2D eigenvalue weighted by atomic mass is 16.7. The van der Waals surface area contributed by atoms with E-state index in [2.05, 4.69) is 5.32 Å². The van der Waals surface area contributed by atoms with Crippen LogP contribution in [0.3, 0.4) is 0 Å². The van der Waals surface area contributed by atoms with Crippen molar-refractivity contribution in [3.63, 3.8) is 0 Å². The summed E-state index contributed by atoms with van der Waals surface area (Å²) in [6, 6.07) is 12.3. The van der Waals surface area contributed by atoms with Crippen LogP contribution in [0.2, 0.25) is 0 Å². The number of carbonyl (C=O) groups is 2. The molecular formula is C21H21NO6. The number of fused-ring (bicyclic) bond motifs is 1. The van der Waals surface area contributed by atoms with E-state index in [4.69, 9.17) is 14.2 Å². The second kappa shape index (κ2) is 7.80. The zero-order valence-electron chi connectivity index (χ0n) is 15.2. The van der Waals surface area contributed by atoms with Crippen molar-refractivity contribution in [3.05, 3.63) is 42.5 Å². The van der Waals surface area contributed by atoms with Crippen molar-refractivity contribution in [1.29, 1.82) is 0 Å². The maximum atomic E-state index is 12.5. The van der Waals surface area contributed by atoms with E-state index in [1.165, 1.54) is 0 Å². The van der Waals surface area contributed by atoms with Crippen LogP contribution >= 0.6 is 0 Å². The molecular weight excluding hydrogens is 362 g/mol. The van der Waals surface area contributed by atoms with Crippen LogP contribution in [0.1, 0.15) is 25.7 Å². The van der Waals surface area contributed by atoms with Crippen LogP contribution in [0.15, 0.2) is 42.5 Å². The Morgan fingerprint density at radius 1 is 0.929 bits per heavy atom. The van der Waals surface area contributed by atoms with E-state index in [1.54, 1.807) is 42.5 Å². The van der Waals surface area contributed by atoms with Crippen LogP contribution < -0.4 is 19.5 Å². The monoisotopic (exact) mass is 383 g/mol. The van der Waals surface area contributed by atoms with E-state index in [0.29, 0.717) is 41.5 Å². The van der Waals surface area contributed by atoms with Gasteiger partial charge < -0.3 is 24.6 Å². The molecule has 1 aliphatic heterocycles. The summed E-state index contributed by atoms with van der Waals surface area (Å²) in [6.07, 6.45) is 2.89.